The Kier molecular flexibility index (Phi) is 3.40. The van der Waals surface area contributed by atoms with Gasteiger partial charge in [-0.25, -0.2) is 0 Å². The van der Waals surface area contributed by atoms with Gasteiger partial charge >= 0.3 is 0 Å². The van der Waals surface area contributed by atoms with E-state index >= 15 is 0 Å². The van der Waals surface area contributed by atoms with Crippen molar-refractivity contribution in [1.82, 2.24) is 0 Å². The van der Waals surface area contributed by atoms with Gasteiger partial charge in [-0.1, -0.05) is 30.7 Å². The van der Waals surface area contributed by atoms with Gasteiger partial charge in [-0.3, -0.25) is 4.79 Å². The average Bonchev–Trinajstić information content (AvgIpc) is 3.21. The normalized spacial score (nSPS) is 29.7. The molecule has 1 saturated carbocycles. The standard InChI is InChI=1S/C20H17N3O2/c1-2-10-23-17-9-4-3-7-16(17)20(19(23)24)15-8-5-6-13(15)14(11-21)18(12-22)25-20/h2-4,7,9,13,15H,1,5-6,8,10H2. The van der Waals surface area contributed by atoms with Gasteiger partial charge in [0.15, 0.2) is 0 Å². The lowest BCUT2D eigenvalue weighted by Crippen LogP contribution is -2.51. The van der Waals surface area contributed by atoms with E-state index in [1.165, 1.54) is 0 Å². The largest absolute Gasteiger partial charge is 0.461 e. The number of anilines is 1. The molecule has 4 rings (SSSR count). The molecule has 0 saturated heterocycles. The van der Waals surface area contributed by atoms with Crippen molar-refractivity contribution in [1.29, 1.82) is 10.5 Å². The number of para-hydroxylation sites is 1. The number of benzene rings is 1. The Morgan fingerprint density at radius 3 is 2.84 bits per heavy atom. The van der Waals surface area contributed by atoms with Crippen LogP contribution in [0, 0.1) is 34.5 Å². The van der Waals surface area contributed by atoms with Gasteiger partial charge in [-0.15, -0.1) is 6.58 Å². The number of carbonyl (C=O) groups is 1. The Bertz CT molecular complexity index is 889. The van der Waals surface area contributed by atoms with E-state index in [1.807, 2.05) is 30.3 Å². The molecule has 1 fully saturated rings. The first-order valence-electron chi connectivity index (χ1n) is 8.44. The summed E-state index contributed by atoms with van der Waals surface area (Å²) >= 11 is 0. The number of allylic oxidation sites excluding steroid dienone is 2. The van der Waals surface area contributed by atoms with E-state index in [0.717, 1.165) is 30.5 Å². The van der Waals surface area contributed by atoms with Gasteiger partial charge in [0.1, 0.15) is 6.07 Å². The van der Waals surface area contributed by atoms with Crippen LogP contribution < -0.4 is 4.90 Å². The molecule has 124 valence electrons. The minimum atomic E-state index is -1.20. The van der Waals surface area contributed by atoms with Gasteiger partial charge in [0.05, 0.1) is 17.3 Å². The summed E-state index contributed by atoms with van der Waals surface area (Å²) < 4.78 is 6.09. The lowest BCUT2D eigenvalue weighted by atomic mass is 9.71. The van der Waals surface area contributed by atoms with Crippen molar-refractivity contribution in [2.24, 2.45) is 11.8 Å². The molecule has 25 heavy (non-hydrogen) atoms. The van der Waals surface area contributed by atoms with Gasteiger partial charge in [-0.05, 0) is 18.9 Å². The summed E-state index contributed by atoms with van der Waals surface area (Å²) in [6.45, 7) is 4.13. The molecule has 0 radical (unpaired) electrons. The second kappa shape index (κ2) is 5.50. The maximum Gasteiger partial charge on any atom is 0.276 e. The van der Waals surface area contributed by atoms with Crippen LogP contribution >= 0.6 is 0 Å². The fraction of sp³-hybridized carbons (Fsp3) is 0.350. The number of nitriles is 2. The highest BCUT2D eigenvalue weighted by Crippen LogP contribution is 2.58. The molecule has 1 aromatic rings. The Balaban J connectivity index is 1.97. The van der Waals surface area contributed by atoms with Crippen LogP contribution in [0.4, 0.5) is 5.69 Å². The van der Waals surface area contributed by atoms with E-state index in [-0.39, 0.29) is 23.5 Å². The van der Waals surface area contributed by atoms with E-state index in [9.17, 15) is 15.3 Å². The number of fused-ring (bicyclic) bond motifs is 4. The maximum atomic E-state index is 13.5. The summed E-state index contributed by atoms with van der Waals surface area (Å²) in [7, 11) is 0. The molecule has 0 N–H and O–H groups in total. The Morgan fingerprint density at radius 1 is 1.32 bits per heavy atom. The lowest BCUT2D eigenvalue weighted by Gasteiger charge is -2.41. The van der Waals surface area contributed by atoms with Crippen molar-refractivity contribution in [2.75, 3.05) is 11.4 Å². The number of nitrogens with zero attached hydrogens (tertiary/aromatic N) is 3. The molecule has 0 bridgehead atoms. The Labute approximate surface area is 146 Å². The molecule has 0 aromatic heterocycles. The van der Waals surface area contributed by atoms with Crippen LogP contribution in [0.25, 0.3) is 0 Å². The topological polar surface area (TPSA) is 77.1 Å². The number of hydrogen-bond acceptors (Lipinski definition) is 4. The van der Waals surface area contributed by atoms with Crippen molar-refractivity contribution in [2.45, 2.75) is 24.9 Å². The Morgan fingerprint density at radius 2 is 2.12 bits per heavy atom. The smallest absolute Gasteiger partial charge is 0.276 e. The summed E-state index contributed by atoms with van der Waals surface area (Å²) in [4.78, 5) is 15.1. The fourth-order valence-corrected chi connectivity index (χ4v) is 4.68. The van der Waals surface area contributed by atoms with Crippen molar-refractivity contribution < 1.29 is 9.53 Å². The molecule has 2 heterocycles. The van der Waals surface area contributed by atoms with E-state index in [4.69, 9.17) is 4.74 Å². The zero-order valence-electron chi connectivity index (χ0n) is 13.7. The third-order valence-corrected chi connectivity index (χ3v) is 5.61. The number of amides is 1. The monoisotopic (exact) mass is 331 g/mol. The molecule has 1 amide bonds. The number of carbonyl (C=O) groups excluding carboxylic acids is 1. The quantitative estimate of drug-likeness (QED) is 0.780. The first kappa shape index (κ1) is 15.5. The molecule has 1 spiro atoms. The summed E-state index contributed by atoms with van der Waals surface area (Å²) in [6, 6.07) is 11.7. The number of hydrogen-bond donors (Lipinski definition) is 0. The summed E-state index contributed by atoms with van der Waals surface area (Å²) in [6.07, 6.45) is 4.21. The van der Waals surface area contributed by atoms with Gasteiger partial charge in [0.25, 0.3) is 5.91 Å². The minimum absolute atomic E-state index is 0.00532. The van der Waals surface area contributed by atoms with Crippen molar-refractivity contribution in [3.05, 3.63) is 53.8 Å². The fourth-order valence-electron chi connectivity index (χ4n) is 4.68. The zero-order chi connectivity index (χ0) is 17.6. The third kappa shape index (κ3) is 1.84. The molecule has 1 aliphatic carbocycles. The first-order chi connectivity index (χ1) is 12.2. The molecule has 5 heteroatoms. The number of rotatable bonds is 2. The van der Waals surface area contributed by atoms with Crippen molar-refractivity contribution in [3.8, 4) is 12.1 Å². The van der Waals surface area contributed by atoms with Gasteiger partial charge in [-0.2, -0.15) is 10.5 Å². The SMILES string of the molecule is C=CCN1C(=O)C2(OC(C#N)=C(C#N)C3CCCC32)c2ccccc21. The third-order valence-electron chi connectivity index (χ3n) is 5.61. The van der Waals surface area contributed by atoms with Crippen LogP contribution in [0.2, 0.25) is 0 Å². The van der Waals surface area contributed by atoms with E-state index in [0.29, 0.717) is 12.1 Å². The minimum Gasteiger partial charge on any atom is -0.461 e. The molecule has 1 aromatic carbocycles. The number of ether oxygens (including phenoxy) is 1. The average molecular weight is 331 g/mol. The highest BCUT2D eigenvalue weighted by Gasteiger charge is 2.63. The van der Waals surface area contributed by atoms with E-state index in [2.05, 4.69) is 12.6 Å². The van der Waals surface area contributed by atoms with Gasteiger partial charge < -0.3 is 9.64 Å². The van der Waals surface area contributed by atoms with Gasteiger partial charge in [0.2, 0.25) is 11.4 Å². The van der Waals surface area contributed by atoms with Crippen LogP contribution in [0.3, 0.4) is 0 Å². The first-order valence-corrected chi connectivity index (χ1v) is 8.44. The second-order valence-corrected chi connectivity index (χ2v) is 6.67. The zero-order valence-corrected chi connectivity index (χ0v) is 13.7. The predicted molar refractivity (Wildman–Crippen MR) is 90.8 cm³/mol. The van der Waals surface area contributed by atoms with Crippen LogP contribution in [0.1, 0.15) is 24.8 Å². The molecule has 3 unspecified atom stereocenters. The lowest BCUT2D eigenvalue weighted by molar-refractivity contribution is -0.149. The van der Waals surface area contributed by atoms with Crippen LogP contribution in [-0.4, -0.2) is 12.5 Å². The summed E-state index contributed by atoms with van der Waals surface area (Å²) in [5.41, 5.74) is 0.786. The van der Waals surface area contributed by atoms with Crippen molar-refractivity contribution in [3.63, 3.8) is 0 Å². The predicted octanol–water partition coefficient (Wildman–Crippen LogP) is 3.16. The summed E-state index contributed by atoms with van der Waals surface area (Å²) in [5, 5.41) is 19.1. The Hall–Kier alpha value is -3.05. The molecule has 2 aliphatic heterocycles. The van der Waals surface area contributed by atoms with Crippen molar-refractivity contribution >= 4 is 11.6 Å². The maximum absolute atomic E-state index is 13.5. The highest BCUT2D eigenvalue weighted by atomic mass is 16.5. The molecular formula is C20H17N3O2. The van der Waals surface area contributed by atoms with Gasteiger partial charge in [0, 0.05) is 23.9 Å². The highest BCUT2D eigenvalue weighted by molar-refractivity contribution is 6.07. The van der Waals surface area contributed by atoms with E-state index < -0.39 is 5.60 Å². The van der Waals surface area contributed by atoms with Crippen LogP contribution in [-0.2, 0) is 15.1 Å². The molecule has 3 atom stereocenters. The second-order valence-electron chi connectivity index (χ2n) is 6.67. The molecule has 5 nitrogen and oxygen atoms in total. The summed E-state index contributed by atoms with van der Waals surface area (Å²) in [5.74, 6) is -0.388. The van der Waals surface area contributed by atoms with E-state index in [1.54, 1.807) is 11.0 Å². The molecular weight excluding hydrogens is 314 g/mol. The molecule has 3 aliphatic rings. The van der Waals surface area contributed by atoms with Crippen LogP contribution in [0.15, 0.2) is 48.3 Å². The van der Waals surface area contributed by atoms with Crippen LogP contribution in [0.5, 0.6) is 0 Å².